The van der Waals surface area contributed by atoms with E-state index in [2.05, 4.69) is 10.6 Å². The first kappa shape index (κ1) is 16.9. The minimum Gasteiger partial charge on any atom is -0.322 e. The van der Waals surface area contributed by atoms with E-state index in [-0.39, 0.29) is 11.8 Å². The van der Waals surface area contributed by atoms with Crippen LogP contribution in [0.3, 0.4) is 0 Å². The maximum absolute atomic E-state index is 12.7. The van der Waals surface area contributed by atoms with Gasteiger partial charge >= 0.3 is 0 Å². The highest BCUT2D eigenvalue weighted by Crippen LogP contribution is 2.22. The number of thiophene rings is 1. The number of carbonyl (C=O) groups is 2. The van der Waals surface area contributed by atoms with Crippen LogP contribution >= 0.6 is 11.3 Å². The maximum Gasteiger partial charge on any atom is 0.257 e. The summed E-state index contributed by atoms with van der Waals surface area (Å²) in [6.45, 7) is 3.97. The third-order valence-corrected chi connectivity index (χ3v) is 4.74. The standard InChI is InChI=1S/C20H18N2O2S/c1-13-6-5-9-17(14(13)2)21-20(24)16-7-3-4-8-18(16)22-19(23)15-10-11-25-12-15/h3-12H,1-2H3,(H,21,24)(H,22,23). The fourth-order valence-corrected chi connectivity index (χ4v) is 3.09. The third kappa shape index (κ3) is 3.78. The number of para-hydroxylation sites is 1. The molecule has 2 N–H and O–H groups in total. The number of hydrogen-bond acceptors (Lipinski definition) is 3. The minimum absolute atomic E-state index is 0.228. The number of anilines is 2. The molecule has 0 fully saturated rings. The zero-order chi connectivity index (χ0) is 17.8. The lowest BCUT2D eigenvalue weighted by molar-refractivity contribution is 0.102. The second-order valence-electron chi connectivity index (χ2n) is 5.71. The highest BCUT2D eigenvalue weighted by molar-refractivity contribution is 7.08. The molecule has 0 aliphatic carbocycles. The Labute approximate surface area is 150 Å². The first-order chi connectivity index (χ1) is 12.1. The Hall–Kier alpha value is -2.92. The van der Waals surface area contributed by atoms with E-state index in [4.69, 9.17) is 0 Å². The Morgan fingerprint density at radius 1 is 0.840 bits per heavy atom. The molecular formula is C20H18N2O2S. The molecule has 1 aromatic heterocycles. The van der Waals surface area contributed by atoms with E-state index in [1.165, 1.54) is 11.3 Å². The number of aryl methyl sites for hydroxylation is 1. The average Bonchev–Trinajstić information content (AvgIpc) is 3.14. The minimum atomic E-state index is -0.255. The van der Waals surface area contributed by atoms with Gasteiger partial charge in [-0.05, 0) is 54.6 Å². The number of nitrogens with one attached hydrogen (secondary N) is 2. The van der Waals surface area contributed by atoms with E-state index in [9.17, 15) is 9.59 Å². The highest BCUT2D eigenvalue weighted by Gasteiger charge is 2.15. The van der Waals surface area contributed by atoms with Gasteiger partial charge in [-0.2, -0.15) is 11.3 Å². The topological polar surface area (TPSA) is 58.2 Å². The Bertz CT molecular complexity index is 917. The van der Waals surface area contributed by atoms with Gasteiger partial charge in [0.15, 0.2) is 0 Å². The molecule has 0 aliphatic rings. The largest absolute Gasteiger partial charge is 0.322 e. The van der Waals surface area contributed by atoms with Crippen LogP contribution in [0.5, 0.6) is 0 Å². The fourth-order valence-electron chi connectivity index (χ4n) is 2.45. The molecule has 2 aromatic carbocycles. The number of rotatable bonds is 4. The molecule has 0 saturated heterocycles. The fraction of sp³-hybridized carbons (Fsp3) is 0.100. The van der Waals surface area contributed by atoms with Gasteiger partial charge in [-0.1, -0.05) is 24.3 Å². The van der Waals surface area contributed by atoms with Crippen molar-refractivity contribution in [1.82, 2.24) is 0 Å². The molecule has 0 bridgehead atoms. The molecule has 0 saturated carbocycles. The quantitative estimate of drug-likeness (QED) is 0.705. The summed E-state index contributed by atoms with van der Waals surface area (Å²) in [5.41, 5.74) is 4.39. The summed E-state index contributed by atoms with van der Waals surface area (Å²) >= 11 is 1.45. The van der Waals surface area contributed by atoms with Crippen molar-refractivity contribution in [3.63, 3.8) is 0 Å². The molecule has 0 radical (unpaired) electrons. The lowest BCUT2D eigenvalue weighted by Gasteiger charge is -2.13. The molecule has 0 atom stereocenters. The van der Waals surface area contributed by atoms with Crippen LogP contribution in [0.25, 0.3) is 0 Å². The Morgan fingerprint density at radius 2 is 1.56 bits per heavy atom. The summed E-state index contributed by atoms with van der Waals surface area (Å²) in [6.07, 6.45) is 0. The lowest BCUT2D eigenvalue weighted by Crippen LogP contribution is -2.18. The maximum atomic E-state index is 12.7. The van der Waals surface area contributed by atoms with Crippen molar-refractivity contribution in [3.05, 3.63) is 81.5 Å². The molecule has 1 heterocycles. The molecule has 126 valence electrons. The van der Waals surface area contributed by atoms with E-state index < -0.39 is 0 Å². The SMILES string of the molecule is Cc1cccc(NC(=O)c2ccccc2NC(=O)c2ccsc2)c1C. The van der Waals surface area contributed by atoms with Crippen molar-refractivity contribution in [2.45, 2.75) is 13.8 Å². The van der Waals surface area contributed by atoms with Crippen LogP contribution < -0.4 is 10.6 Å². The van der Waals surface area contributed by atoms with Crippen LogP contribution in [0, 0.1) is 13.8 Å². The van der Waals surface area contributed by atoms with Gasteiger partial charge in [0, 0.05) is 11.1 Å². The van der Waals surface area contributed by atoms with E-state index in [1.807, 2.05) is 37.4 Å². The first-order valence-corrected chi connectivity index (χ1v) is 8.80. The molecular weight excluding hydrogens is 332 g/mol. The highest BCUT2D eigenvalue weighted by atomic mass is 32.1. The van der Waals surface area contributed by atoms with Crippen molar-refractivity contribution in [2.75, 3.05) is 10.6 Å². The molecule has 0 unspecified atom stereocenters. The van der Waals surface area contributed by atoms with Gasteiger partial charge in [0.2, 0.25) is 0 Å². The summed E-state index contributed by atoms with van der Waals surface area (Å²) in [7, 11) is 0. The molecule has 0 aliphatic heterocycles. The van der Waals surface area contributed by atoms with Gasteiger partial charge < -0.3 is 10.6 Å². The molecule has 2 amide bonds. The molecule has 3 aromatic rings. The van der Waals surface area contributed by atoms with Gasteiger partial charge in [-0.15, -0.1) is 0 Å². The molecule has 0 spiro atoms. The van der Waals surface area contributed by atoms with Gasteiger partial charge in [0.25, 0.3) is 11.8 Å². The van der Waals surface area contributed by atoms with Crippen LogP contribution in [-0.2, 0) is 0 Å². The summed E-state index contributed by atoms with van der Waals surface area (Å²) in [4.78, 5) is 25.0. The van der Waals surface area contributed by atoms with Crippen LogP contribution in [-0.4, -0.2) is 11.8 Å². The number of hydrogen-bond donors (Lipinski definition) is 2. The molecule has 25 heavy (non-hydrogen) atoms. The van der Waals surface area contributed by atoms with Gasteiger partial charge in [-0.25, -0.2) is 0 Å². The van der Waals surface area contributed by atoms with Crippen molar-refractivity contribution in [3.8, 4) is 0 Å². The monoisotopic (exact) mass is 350 g/mol. The second-order valence-corrected chi connectivity index (χ2v) is 6.49. The van der Waals surface area contributed by atoms with Crippen LogP contribution in [0.4, 0.5) is 11.4 Å². The molecule has 5 heteroatoms. The number of amides is 2. The van der Waals surface area contributed by atoms with Crippen molar-refractivity contribution in [2.24, 2.45) is 0 Å². The number of carbonyl (C=O) groups excluding carboxylic acids is 2. The van der Waals surface area contributed by atoms with E-state index >= 15 is 0 Å². The Morgan fingerprint density at radius 3 is 2.32 bits per heavy atom. The zero-order valence-electron chi connectivity index (χ0n) is 14.0. The summed E-state index contributed by atoms with van der Waals surface area (Å²) in [5, 5.41) is 9.35. The van der Waals surface area contributed by atoms with Crippen molar-refractivity contribution >= 4 is 34.5 Å². The van der Waals surface area contributed by atoms with E-state index in [1.54, 1.807) is 35.7 Å². The second kappa shape index (κ2) is 7.32. The van der Waals surface area contributed by atoms with E-state index in [0.29, 0.717) is 16.8 Å². The summed E-state index contributed by atoms with van der Waals surface area (Å²) in [6, 6.07) is 14.5. The summed E-state index contributed by atoms with van der Waals surface area (Å²) < 4.78 is 0. The third-order valence-electron chi connectivity index (χ3n) is 4.06. The predicted molar refractivity (Wildman–Crippen MR) is 103 cm³/mol. The van der Waals surface area contributed by atoms with Crippen LogP contribution in [0.2, 0.25) is 0 Å². The molecule has 3 rings (SSSR count). The molecule has 4 nitrogen and oxygen atoms in total. The summed E-state index contributed by atoms with van der Waals surface area (Å²) in [5.74, 6) is -0.483. The van der Waals surface area contributed by atoms with Crippen LogP contribution in [0.15, 0.2) is 59.3 Å². The smallest absolute Gasteiger partial charge is 0.257 e. The Balaban J connectivity index is 1.84. The first-order valence-electron chi connectivity index (χ1n) is 7.86. The lowest BCUT2D eigenvalue weighted by atomic mass is 10.1. The van der Waals surface area contributed by atoms with E-state index in [0.717, 1.165) is 16.8 Å². The normalized spacial score (nSPS) is 10.3. The zero-order valence-corrected chi connectivity index (χ0v) is 14.8. The Kier molecular flexibility index (Phi) is 4.95. The van der Waals surface area contributed by atoms with Crippen molar-refractivity contribution in [1.29, 1.82) is 0 Å². The van der Waals surface area contributed by atoms with Gasteiger partial charge in [0.05, 0.1) is 16.8 Å². The number of benzene rings is 2. The van der Waals surface area contributed by atoms with Crippen LogP contribution in [0.1, 0.15) is 31.8 Å². The average molecular weight is 350 g/mol. The van der Waals surface area contributed by atoms with Gasteiger partial charge in [-0.3, -0.25) is 9.59 Å². The predicted octanol–water partition coefficient (Wildman–Crippen LogP) is 4.87. The van der Waals surface area contributed by atoms with Crippen molar-refractivity contribution < 1.29 is 9.59 Å². The van der Waals surface area contributed by atoms with Gasteiger partial charge in [0.1, 0.15) is 0 Å².